The first-order valence-electron chi connectivity index (χ1n) is 6.55. The van der Waals surface area contributed by atoms with E-state index in [4.69, 9.17) is 0 Å². The standard InChI is InChI=1S/C15H24OS/c1-4-7-13-8-6-9-14(10-13)15(16)11-17-12(3)5-2/h6,8-10,12,15-16H,4-5,7,11H2,1-3H3. The second kappa shape index (κ2) is 7.78. The molecule has 0 saturated carbocycles. The summed E-state index contributed by atoms with van der Waals surface area (Å²) < 4.78 is 0. The molecule has 0 heterocycles. The zero-order valence-corrected chi connectivity index (χ0v) is 12.0. The Labute approximate surface area is 110 Å². The van der Waals surface area contributed by atoms with Crippen LogP contribution in [0.15, 0.2) is 24.3 Å². The summed E-state index contributed by atoms with van der Waals surface area (Å²) in [5, 5.41) is 10.8. The van der Waals surface area contributed by atoms with Crippen molar-refractivity contribution in [1.29, 1.82) is 0 Å². The molecule has 0 aliphatic carbocycles. The van der Waals surface area contributed by atoms with Crippen molar-refractivity contribution >= 4 is 11.8 Å². The third-order valence-corrected chi connectivity index (χ3v) is 4.40. The van der Waals surface area contributed by atoms with Crippen LogP contribution in [0.4, 0.5) is 0 Å². The van der Waals surface area contributed by atoms with Gasteiger partial charge in [-0.1, -0.05) is 51.5 Å². The Balaban J connectivity index is 2.55. The van der Waals surface area contributed by atoms with Gasteiger partial charge < -0.3 is 5.11 Å². The molecular formula is C15H24OS. The Morgan fingerprint density at radius 3 is 2.71 bits per heavy atom. The van der Waals surface area contributed by atoms with Crippen LogP contribution in [-0.2, 0) is 6.42 Å². The molecule has 0 fully saturated rings. The summed E-state index contributed by atoms with van der Waals surface area (Å²) in [6.07, 6.45) is 3.08. The van der Waals surface area contributed by atoms with E-state index in [0.717, 1.165) is 30.6 Å². The minimum Gasteiger partial charge on any atom is -0.388 e. The van der Waals surface area contributed by atoms with E-state index in [0.29, 0.717) is 5.25 Å². The van der Waals surface area contributed by atoms with Crippen molar-refractivity contribution in [2.45, 2.75) is 51.4 Å². The minimum atomic E-state index is -0.328. The molecule has 0 aromatic heterocycles. The van der Waals surface area contributed by atoms with E-state index < -0.39 is 0 Å². The van der Waals surface area contributed by atoms with Gasteiger partial charge in [-0.3, -0.25) is 0 Å². The first kappa shape index (κ1) is 14.6. The zero-order chi connectivity index (χ0) is 12.7. The van der Waals surface area contributed by atoms with Crippen molar-refractivity contribution in [1.82, 2.24) is 0 Å². The molecule has 1 aromatic rings. The van der Waals surface area contributed by atoms with E-state index in [-0.39, 0.29) is 6.10 Å². The molecule has 2 unspecified atom stereocenters. The summed E-state index contributed by atoms with van der Waals surface area (Å²) in [6.45, 7) is 6.58. The van der Waals surface area contributed by atoms with Gasteiger partial charge in [0.15, 0.2) is 0 Å². The first-order valence-corrected chi connectivity index (χ1v) is 7.60. The van der Waals surface area contributed by atoms with E-state index in [1.54, 1.807) is 0 Å². The van der Waals surface area contributed by atoms with Gasteiger partial charge in [0, 0.05) is 11.0 Å². The molecule has 0 amide bonds. The highest BCUT2D eigenvalue weighted by atomic mass is 32.2. The molecule has 96 valence electrons. The Morgan fingerprint density at radius 1 is 1.29 bits per heavy atom. The molecule has 1 rings (SSSR count). The van der Waals surface area contributed by atoms with E-state index in [9.17, 15) is 5.11 Å². The third kappa shape index (κ3) is 5.13. The monoisotopic (exact) mass is 252 g/mol. The molecule has 17 heavy (non-hydrogen) atoms. The second-order valence-electron chi connectivity index (χ2n) is 4.56. The maximum absolute atomic E-state index is 10.1. The summed E-state index contributed by atoms with van der Waals surface area (Å²) in [7, 11) is 0. The molecular weight excluding hydrogens is 228 g/mol. The van der Waals surface area contributed by atoms with Gasteiger partial charge in [0.1, 0.15) is 0 Å². The topological polar surface area (TPSA) is 20.2 Å². The van der Waals surface area contributed by atoms with Crippen molar-refractivity contribution in [2.24, 2.45) is 0 Å². The average molecular weight is 252 g/mol. The fourth-order valence-corrected chi connectivity index (χ4v) is 2.65. The van der Waals surface area contributed by atoms with Gasteiger partial charge in [-0.2, -0.15) is 11.8 Å². The highest BCUT2D eigenvalue weighted by Gasteiger charge is 2.10. The summed E-state index contributed by atoms with van der Waals surface area (Å²) in [5.74, 6) is 0.796. The molecule has 1 N–H and O–H groups in total. The van der Waals surface area contributed by atoms with E-state index in [2.05, 4.69) is 39.0 Å². The van der Waals surface area contributed by atoms with Crippen LogP contribution in [0.2, 0.25) is 0 Å². The van der Waals surface area contributed by atoms with Crippen LogP contribution in [-0.4, -0.2) is 16.1 Å². The number of hydrogen-bond donors (Lipinski definition) is 1. The molecule has 0 saturated heterocycles. The summed E-state index contributed by atoms with van der Waals surface area (Å²) in [5.41, 5.74) is 2.39. The van der Waals surface area contributed by atoms with Gasteiger partial charge in [0.25, 0.3) is 0 Å². The van der Waals surface area contributed by atoms with Crippen molar-refractivity contribution in [2.75, 3.05) is 5.75 Å². The smallest absolute Gasteiger partial charge is 0.0880 e. The van der Waals surface area contributed by atoms with E-state index >= 15 is 0 Å². The lowest BCUT2D eigenvalue weighted by Gasteiger charge is -2.14. The second-order valence-corrected chi connectivity index (χ2v) is 6.03. The van der Waals surface area contributed by atoms with Crippen LogP contribution in [0.3, 0.4) is 0 Å². The number of aliphatic hydroxyl groups excluding tert-OH is 1. The van der Waals surface area contributed by atoms with Crippen LogP contribution in [0.1, 0.15) is 50.8 Å². The average Bonchev–Trinajstić information content (AvgIpc) is 2.36. The normalized spacial score (nSPS) is 14.6. The summed E-state index contributed by atoms with van der Waals surface area (Å²) in [4.78, 5) is 0. The van der Waals surface area contributed by atoms with Crippen molar-refractivity contribution in [3.05, 3.63) is 35.4 Å². The quantitative estimate of drug-likeness (QED) is 0.784. The number of aryl methyl sites for hydroxylation is 1. The Morgan fingerprint density at radius 2 is 2.06 bits per heavy atom. The van der Waals surface area contributed by atoms with Crippen LogP contribution in [0, 0.1) is 0 Å². The Bertz CT molecular complexity index is 324. The van der Waals surface area contributed by atoms with Crippen molar-refractivity contribution < 1.29 is 5.11 Å². The van der Waals surface area contributed by atoms with Gasteiger partial charge in [0.05, 0.1) is 6.10 Å². The number of hydrogen-bond acceptors (Lipinski definition) is 2. The Hall–Kier alpha value is -0.470. The lowest BCUT2D eigenvalue weighted by molar-refractivity contribution is 0.204. The highest BCUT2D eigenvalue weighted by molar-refractivity contribution is 7.99. The summed E-state index contributed by atoms with van der Waals surface area (Å²) in [6, 6.07) is 8.37. The molecule has 1 aromatic carbocycles. The van der Waals surface area contributed by atoms with Crippen LogP contribution in [0.25, 0.3) is 0 Å². The van der Waals surface area contributed by atoms with Crippen LogP contribution >= 0.6 is 11.8 Å². The fourth-order valence-electron chi connectivity index (χ4n) is 1.71. The number of thioether (sulfide) groups is 1. The molecule has 2 atom stereocenters. The number of rotatable bonds is 7. The SMILES string of the molecule is CCCc1cccc(C(O)CSC(C)CC)c1. The van der Waals surface area contributed by atoms with Gasteiger partial charge in [0.2, 0.25) is 0 Å². The van der Waals surface area contributed by atoms with E-state index in [1.165, 1.54) is 5.56 Å². The largest absolute Gasteiger partial charge is 0.388 e. The predicted molar refractivity (Wildman–Crippen MR) is 77.6 cm³/mol. The van der Waals surface area contributed by atoms with Crippen LogP contribution in [0.5, 0.6) is 0 Å². The molecule has 0 radical (unpaired) electrons. The minimum absolute atomic E-state index is 0.328. The predicted octanol–water partition coefficient (Wildman–Crippen LogP) is 4.20. The molecule has 0 aliphatic heterocycles. The fraction of sp³-hybridized carbons (Fsp3) is 0.600. The number of benzene rings is 1. The molecule has 1 nitrogen and oxygen atoms in total. The first-order chi connectivity index (χ1) is 8.17. The van der Waals surface area contributed by atoms with Gasteiger partial charge in [-0.25, -0.2) is 0 Å². The molecule has 0 spiro atoms. The van der Waals surface area contributed by atoms with Gasteiger partial charge in [-0.15, -0.1) is 0 Å². The third-order valence-electron chi connectivity index (χ3n) is 2.99. The lowest BCUT2D eigenvalue weighted by atomic mass is 10.0. The number of aliphatic hydroxyl groups is 1. The molecule has 0 aliphatic rings. The highest BCUT2D eigenvalue weighted by Crippen LogP contribution is 2.23. The van der Waals surface area contributed by atoms with Crippen molar-refractivity contribution in [3.63, 3.8) is 0 Å². The van der Waals surface area contributed by atoms with Gasteiger partial charge in [-0.05, 0) is 24.0 Å². The lowest BCUT2D eigenvalue weighted by Crippen LogP contribution is -2.05. The van der Waals surface area contributed by atoms with E-state index in [1.807, 2.05) is 17.8 Å². The maximum Gasteiger partial charge on any atom is 0.0880 e. The van der Waals surface area contributed by atoms with Crippen LogP contribution < -0.4 is 0 Å². The maximum atomic E-state index is 10.1. The Kier molecular flexibility index (Phi) is 6.68. The molecule has 2 heteroatoms. The van der Waals surface area contributed by atoms with Gasteiger partial charge >= 0.3 is 0 Å². The summed E-state index contributed by atoms with van der Waals surface area (Å²) >= 11 is 1.85. The zero-order valence-electron chi connectivity index (χ0n) is 11.1. The van der Waals surface area contributed by atoms with Crippen molar-refractivity contribution in [3.8, 4) is 0 Å². The molecule has 0 bridgehead atoms.